The van der Waals surface area contributed by atoms with Crippen molar-refractivity contribution >= 4 is 39.0 Å². The lowest BCUT2D eigenvalue weighted by molar-refractivity contribution is -0.385. The number of nitro benzene ring substituents is 1. The van der Waals surface area contributed by atoms with Crippen LogP contribution in [0.2, 0.25) is 5.02 Å². The number of aromatic nitrogens is 1. The van der Waals surface area contributed by atoms with Crippen molar-refractivity contribution in [3.63, 3.8) is 0 Å². The molecule has 1 aliphatic heterocycles. The smallest absolute Gasteiger partial charge is 0.273 e. The van der Waals surface area contributed by atoms with E-state index in [4.69, 9.17) is 11.6 Å². The van der Waals surface area contributed by atoms with Crippen molar-refractivity contribution in [1.82, 2.24) is 9.29 Å². The van der Waals surface area contributed by atoms with Crippen molar-refractivity contribution in [2.24, 2.45) is 5.92 Å². The second-order valence-electron chi connectivity index (χ2n) is 6.69. The predicted octanol–water partition coefficient (Wildman–Crippen LogP) is 2.99. The van der Waals surface area contributed by atoms with Crippen LogP contribution in [0.15, 0.2) is 41.4 Å². The maximum Gasteiger partial charge on any atom is 0.273 e. The summed E-state index contributed by atoms with van der Waals surface area (Å²) < 4.78 is 27.2. The second-order valence-corrected chi connectivity index (χ2v) is 9.03. The molecule has 0 atom stereocenters. The van der Waals surface area contributed by atoms with E-state index in [1.165, 1.54) is 35.6 Å². The van der Waals surface area contributed by atoms with E-state index in [1.54, 1.807) is 12.1 Å². The second kappa shape index (κ2) is 8.44. The highest BCUT2D eigenvalue weighted by Crippen LogP contribution is 2.30. The number of piperidine rings is 1. The van der Waals surface area contributed by atoms with Crippen LogP contribution in [-0.4, -0.2) is 41.6 Å². The molecule has 0 saturated carbocycles. The van der Waals surface area contributed by atoms with Gasteiger partial charge >= 0.3 is 0 Å². The Kier molecular flexibility index (Phi) is 6.15. The maximum atomic E-state index is 13.0. The van der Waals surface area contributed by atoms with E-state index < -0.39 is 14.9 Å². The van der Waals surface area contributed by atoms with Crippen molar-refractivity contribution in [3.8, 4) is 0 Å². The average molecular weight is 439 g/mol. The summed E-state index contributed by atoms with van der Waals surface area (Å²) in [4.78, 5) is 26.9. The third-order valence-electron chi connectivity index (χ3n) is 4.87. The minimum Gasteiger partial charge on any atom is -0.310 e. The number of nitrogens with zero attached hydrogens (tertiary/aromatic N) is 3. The number of anilines is 1. The number of hydrogen-bond acceptors (Lipinski definition) is 6. The minimum atomic E-state index is -3.89. The minimum absolute atomic E-state index is 0.0834. The molecule has 3 rings (SSSR count). The van der Waals surface area contributed by atoms with Crippen LogP contribution in [0.5, 0.6) is 0 Å². The Hall–Kier alpha value is -2.56. The van der Waals surface area contributed by atoms with Crippen LogP contribution >= 0.6 is 11.6 Å². The third kappa shape index (κ3) is 4.55. The van der Waals surface area contributed by atoms with Gasteiger partial charge in [-0.25, -0.2) is 13.4 Å². The molecule has 1 aromatic carbocycles. The molecule has 0 spiro atoms. The first-order chi connectivity index (χ1) is 13.7. The molecule has 29 heavy (non-hydrogen) atoms. The van der Waals surface area contributed by atoms with E-state index in [9.17, 15) is 23.3 Å². The summed E-state index contributed by atoms with van der Waals surface area (Å²) in [5.74, 6) is -0.213. The number of sulfonamides is 1. The molecule has 0 unspecified atom stereocenters. The number of carbonyl (C=O) groups excluding carboxylic acids is 1. The lowest BCUT2D eigenvalue weighted by atomic mass is 9.97. The molecular formula is C18H19ClN4O5S. The van der Waals surface area contributed by atoms with Crippen LogP contribution in [0, 0.1) is 23.0 Å². The molecule has 2 heterocycles. The van der Waals surface area contributed by atoms with E-state index in [0.29, 0.717) is 23.7 Å². The van der Waals surface area contributed by atoms with E-state index in [1.807, 2.05) is 0 Å². The molecule has 9 nitrogen and oxygen atoms in total. The normalized spacial score (nSPS) is 15.8. The largest absolute Gasteiger partial charge is 0.310 e. The zero-order valence-electron chi connectivity index (χ0n) is 15.5. The number of pyridine rings is 1. The molecule has 11 heteroatoms. The van der Waals surface area contributed by atoms with Gasteiger partial charge in [-0.2, -0.15) is 4.31 Å². The Morgan fingerprint density at radius 2 is 1.97 bits per heavy atom. The zero-order valence-corrected chi connectivity index (χ0v) is 17.1. The van der Waals surface area contributed by atoms with Gasteiger partial charge in [0.2, 0.25) is 15.9 Å². The molecule has 154 valence electrons. The molecule has 0 radical (unpaired) electrons. The van der Waals surface area contributed by atoms with Crippen molar-refractivity contribution in [2.45, 2.75) is 24.7 Å². The van der Waals surface area contributed by atoms with Crippen molar-refractivity contribution < 1.29 is 18.1 Å². The lowest BCUT2D eigenvalue weighted by Crippen LogP contribution is -2.41. The van der Waals surface area contributed by atoms with Crippen LogP contribution in [0.3, 0.4) is 0 Å². The fourth-order valence-corrected chi connectivity index (χ4v) is 5.08. The molecule has 1 N–H and O–H groups in total. The van der Waals surface area contributed by atoms with Crippen molar-refractivity contribution in [3.05, 3.63) is 57.2 Å². The topological polar surface area (TPSA) is 123 Å². The quantitative estimate of drug-likeness (QED) is 0.565. The molecular weight excluding hydrogens is 420 g/mol. The SMILES string of the molecule is Cc1c([N+](=O)[O-])cccc1S(=O)(=O)N1CCC(C(=O)Nc2ccc(Cl)cn2)CC1. The summed E-state index contributed by atoms with van der Waals surface area (Å²) in [6.45, 7) is 1.72. The van der Waals surface area contributed by atoms with E-state index in [2.05, 4.69) is 10.3 Å². The number of amides is 1. The first kappa shape index (κ1) is 21.2. The van der Waals surface area contributed by atoms with Gasteiger partial charge in [0, 0.05) is 36.8 Å². The van der Waals surface area contributed by atoms with E-state index in [0.717, 1.165) is 0 Å². The van der Waals surface area contributed by atoms with Gasteiger partial charge in [-0.3, -0.25) is 14.9 Å². The molecule has 2 aromatic rings. The highest BCUT2D eigenvalue weighted by Gasteiger charge is 2.34. The number of halogens is 1. The molecule has 0 bridgehead atoms. The zero-order chi connectivity index (χ0) is 21.2. The predicted molar refractivity (Wildman–Crippen MR) is 107 cm³/mol. The summed E-state index contributed by atoms with van der Waals surface area (Å²) in [5, 5.41) is 14.3. The highest BCUT2D eigenvalue weighted by atomic mass is 35.5. The van der Waals surface area contributed by atoms with Gasteiger partial charge in [0.15, 0.2) is 0 Å². The standard InChI is InChI=1S/C18H19ClN4O5S/c1-12-15(23(25)26)3-2-4-16(12)29(27,28)22-9-7-13(8-10-22)18(24)21-17-6-5-14(19)11-20-17/h2-6,11,13H,7-10H2,1H3,(H,20,21,24). The molecule has 1 aliphatic rings. The Balaban J connectivity index is 1.68. The number of nitrogens with one attached hydrogen (secondary N) is 1. The third-order valence-corrected chi connectivity index (χ3v) is 7.14. The fourth-order valence-electron chi connectivity index (χ4n) is 3.26. The molecule has 1 saturated heterocycles. The van der Waals surface area contributed by atoms with Gasteiger partial charge in [0.25, 0.3) is 5.69 Å². The van der Waals surface area contributed by atoms with Gasteiger partial charge in [0.05, 0.1) is 14.8 Å². The summed E-state index contributed by atoms with van der Waals surface area (Å²) in [5.41, 5.74) is -0.137. The Morgan fingerprint density at radius 1 is 1.28 bits per heavy atom. The van der Waals surface area contributed by atoms with Crippen LogP contribution in [0.1, 0.15) is 18.4 Å². The van der Waals surface area contributed by atoms with Gasteiger partial charge in [-0.1, -0.05) is 17.7 Å². The van der Waals surface area contributed by atoms with Crippen LogP contribution in [0.25, 0.3) is 0 Å². The van der Waals surface area contributed by atoms with Gasteiger partial charge < -0.3 is 5.32 Å². The van der Waals surface area contributed by atoms with Crippen LogP contribution < -0.4 is 5.32 Å². The maximum absolute atomic E-state index is 13.0. The molecule has 1 fully saturated rings. The van der Waals surface area contributed by atoms with Crippen molar-refractivity contribution in [1.29, 1.82) is 0 Å². The highest BCUT2D eigenvalue weighted by molar-refractivity contribution is 7.89. The monoisotopic (exact) mass is 438 g/mol. The van der Waals surface area contributed by atoms with Gasteiger partial charge in [-0.05, 0) is 38.0 Å². The first-order valence-corrected chi connectivity index (χ1v) is 10.7. The number of benzene rings is 1. The Bertz CT molecular complexity index is 1030. The Labute approximate surface area is 172 Å². The van der Waals surface area contributed by atoms with E-state index in [-0.39, 0.29) is 41.1 Å². The van der Waals surface area contributed by atoms with Gasteiger partial charge in [0.1, 0.15) is 5.82 Å². The summed E-state index contributed by atoms with van der Waals surface area (Å²) >= 11 is 5.77. The van der Waals surface area contributed by atoms with Crippen LogP contribution in [-0.2, 0) is 14.8 Å². The molecule has 1 amide bonds. The number of carbonyl (C=O) groups is 1. The Morgan fingerprint density at radius 3 is 2.55 bits per heavy atom. The summed E-state index contributed by atoms with van der Waals surface area (Å²) in [6.07, 6.45) is 2.10. The summed E-state index contributed by atoms with van der Waals surface area (Å²) in [7, 11) is -3.89. The number of rotatable bonds is 5. The average Bonchev–Trinajstić information content (AvgIpc) is 2.69. The van der Waals surface area contributed by atoms with Crippen LogP contribution in [0.4, 0.5) is 11.5 Å². The fraction of sp³-hybridized carbons (Fsp3) is 0.333. The van der Waals surface area contributed by atoms with Gasteiger partial charge in [-0.15, -0.1) is 0 Å². The number of hydrogen-bond donors (Lipinski definition) is 1. The first-order valence-electron chi connectivity index (χ1n) is 8.86. The lowest BCUT2D eigenvalue weighted by Gasteiger charge is -2.30. The van der Waals surface area contributed by atoms with Crippen molar-refractivity contribution in [2.75, 3.05) is 18.4 Å². The number of nitro groups is 1. The van der Waals surface area contributed by atoms with E-state index >= 15 is 0 Å². The summed E-state index contributed by atoms with van der Waals surface area (Å²) in [6, 6.07) is 7.20. The molecule has 0 aliphatic carbocycles. The molecule has 1 aromatic heterocycles.